The Morgan fingerprint density at radius 1 is 1.15 bits per heavy atom. The zero-order chi connectivity index (χ0) is 14.5. The lowest BCUT2D eigenvalue weighted by Gasteiger charge is -2.22. The quantitative estimate of drug-likeness (QED) is 0.797. The average molecular weight is 352 g/mol. The molecular formula is C16H18BrNOS. The first-order chi connectivity index (χ1) is 9.61. The fourth-order valence-corrected chi connectivity index (χ4v) is 3.65. The highest BCUT2D eigenvalue weighted by atomic mass is 79.9. The van der Waals surface area contributed by atoms with E-state index in [1.165, 1.54) is 10.5 Å². The summed E-state index contributed by atoms with van der Waals surface area (Å²) in [5.41, 5.74) is 7.36. The zero-order valence-corrected chi connectivity index (χ0v) is 13.9. The van der Waals surface area contributed by atoms with Gasteiger partial charge in [-0.05, 0) is 52.7 Å². The molecule has 2 unspecified atom stereocenters. The Balaban J connectivity index is 2.29. The minimum Gasteiger partial charge on any atom is -0.497 e. The Labute approximate surface area is 132 Å². The van der Waals surface area contributed by atoms with Crippen molar-refractivity contribution in [2.75, 3.05) is 7.11 Å². The number of hydrogen-bond acceptors (Lipinski definition) is 3. The van der Waals surface area contributed by atoms with Crippen molar-refractivity contribution in [2.45, 2.75) is 23.1 Å². The van der Waals surface area contributed by atoms with Crippen LogP contribution in [-0.2, 0) is 0 Å². The van der Waals surface area contributed by atoms with Crippen molar-refractivity contribution in [3.8, 4) is 5.75 Å². The summed E-state index contributed by atoms with van der Waals surface area (Å²) in [5, 5.41) is 0.184. The van der Waals surface area contributed by atoms with E-state index in [1.807, 2.05) is 37.3 Å². The van der Waals surface area contributed by atoms with Gasteiger partial charge in [0.25, 0.3) is 0 Å². The van der Waals surface area contributed by atoms with Crippen LogP contribution >= 0.6 is 27.7 Å². The first-order valence-electron chi connectivity index (χ1n) is 6.42. The molecule has 0 spiro atoms. The molecule has 2 nitrogen and oxygen atoms in total. The summed E-state index contributed by atoms with van der Waals surface area (Å²) in [7, 11) is 1.68. The molecule has 2 N–H and O–H groups in total. The van der Waals surface area contributed by atoms with E-state index in [0.29, 0.717) is 0 Å². The van der Waals surface area contributed by atoms with Crippen LogP contribution in [0.1, 0.15) is 17.7 Å². The van der Waals surface area contributed by atoms with Crippen molar-refractivity contribution >= 4 is 27.7 Å². The number of hydrogen-bond donors (Lipinski definition) is 1. The molecule has 0 bridgehead atoms. The van der Waals surface area contributed by atoms with Gasteiger partial charge in [0.1, 0.15) is 5.75 Å². The molecule has 2 atom stereocenters. The smallest absolute Gasteiger partial charge is 0.119 e. The maximum absolute atomic E-state index is 6.18. The van der Waals surface area contributed by atoms with Gasteiger partial charge in [-0.1, -0.05) is 24.3 Å². The van der Waals surface area contributed by atoms with Gasteiger partial charge in [-0.25, -0.2) is 0 Å². The van der Waals surface area contributed by atoms with E-state index >= 15 is 0 Å². The van der Waals surface area contributed by atoms with Crippen LogP contribution in [0.15, 0.2) is 57.9 Å². The van der Waals surface area contributed by atoms with Crippen molar-refractivity contribution in [2.24, 2.45) is 5.73 Å². The van der Waals surface area contributed by atoms with E-state index in [2.05, 4.69) is 34.1 Å². The average Bonchev–Trinajstić information content (AvgIpc) is 2.46. The molecule has 2 aromatic carbocycles. The molecule has 0 saturated carbocycles. The molecule has 0 aliphatic heterocycles. The van der Waals surface area contributed by atoms with Crippen molar-refractivity contribution < 1.29 is 4.74 Å². The van der Waals surface area contributed by atoms with Crippen LogP contribution < -0.4 is 10.5 Å². The number of methoxy groups -OCH3 is 1. The highest BCUT2D eigenvalue weighted by Gasteiger charge is 2.19. The highest BCUT2D eigenvalue weighted by Crippen LogP contribution is 2.40. The van der Waals surface area contributed by atoms with Crippen LogP contribution in [0.2, 0.25) is 0 Å². The molecule has 0 aliphatic rings. The maximum atomic E-state index is 6.18. The molecule has 0 fully saturated rings. The minimum atomic E-state index is 0.0409. The third kappa shape index (κ3) is 3.78. The zero-order valence-electron chi connectivity index (χ0n) is 11.5. The Morgan fingerprint density at radius 2 is 1.90 bits per heavy atom. The molecule has 0 radical (unpaired) electrons. The van der Waals surface area contributed by atoms with Gasteiger partial charge in [0.05, 0.1) is 7.11 Å². The fourth-order valence-electron chi connectivity index (χ4n) is 1.97. The monoisotopic (exact) mass is 351 g/mol. The largest absolute Gasteiger partial charge is 0.497 e. The van der Waals surface area contributed by atoms with E-state index < -0.39 is 0 Å². The van der Waals surface area contributed by atoms with Crippen LogP contribution in [0.3, 0.4) is 0 Å². The second kappa shape index (κ2) is 7.16. The van der Waals surface area contributed by atoms with Gasteiger partial charge in [-0.15, -0.1) is 11.8 Å². The summed E-state index contributed by atoms with van der Waals surface area (Å²) < 4.78 is 6.40. The van der Waals surface area contributed by atoms with Gasteiger partial charge in [0.15, 0.2) is 0 Å². The van der Waals surface area contributed by atoms with Crippen LogP contribution in [0, 0.1) is 0 Å². The van der Waals surface area contributed by atoms with Crippen molar-refractivity contribution in [3.05, 3.63) is 58.6 Å². The normalized spacial score (nSPS) is 13.8. The second-order valence-corrected chi connectivity index (χ2v) is 6.64. The number of benzene rings is 2. The second-order valence-electron chi connectivity index (χ2n) is 4.60. The Morgan fingerprint density at radius 3 is 2.55 bits per heavy atom. The number of halogens is 1. The predicted molar refractivity (Wildman–Crippen MR) is 89.4 cm³/mol. The summed E-state index contributed by atoms with van der Waals surface area (Å²) in [5.74, 6) is 0.862. The first kappa shape index (κ1) is 15.4. The molecule has 0 heterocycles. The van der Waals surface area contributed by atoms with Crippen LogP contribution in [0.5, 0.6) is 5.75 Å². The van der Waals surface area contributed by atoms with E-state index in [4.69, 9.17) is 10.5 Å². The molecule has 0 saturated heterocycles. The topological polar surface area (TPSA) is 35.2 Å². The molecular weight excluding hydrogens is 334 g/mol. The molecule has 2 rings (SSSR count). The lowest BCUT2D eigenvalue weighted by molar-refractivity contribution is 0.414. The summed E-state index contributed by atoms with van der Waals surface area (Å²) in [4.78, 5) is 1.19. The van der Waals surface area contributed by atoms with E-state index in [0.717, 1.165) is 10.2 Å². The minimum absolute atomic E-state index is 0.0409. The van der Waals surface area contributed by atoms with E-state index in [-0.39, 0.29) is 11.3 Å². The number of rotatable bonds is 5. The number of ether oxygens (including phenoxy) is 1. The third-order valence-electron chi connectivity index (χ3n) is 2.99. The van der Waals surface area contributed by atoms with Crippen LogP contribution in [0.4, 0.5) is 0 Å². The van der Waals surface area contributed by atoms with Gasteiger partial charge in [0.2, 0.25) is 0 Å². The van der Waals surface area contributed by atoms with Crippen molar-refractivity contribution in [3.63, 3.8) is 0 Å². The summed E-state index contributed by atoms with van der Waals surface area (Å²) in [6.07, 6.45) is 0. The lowest BCUT2D eigenvalue weighted by atomic mass is 10.1. The Kier molecular flexibility index (Phi) is 5.52. The molecule has 4 heteroatoms. The van der Waals surface area contributed by atoms with E-state index in [1.54, 1.807) is 18.9 Å². The third-order valence-corrected chi connectivity index (χ3v) is 5.51. The molecule has 20 heavy (non-hydrogen) atoms. The summed E-state index contributed by atoms with van der Waals surface area (Å²) >= 11 is 5.36. The Hall–Kier alpha value is -0.970. The standard InChI is InChI=1S/C16H18BrNOS/c1-11(18)16(12-6-5-7-13(10-12)19-2)20-15-9-4-3-8-14(15)17/h3-11,16H,18H2,1-2H3. The molecule has 106 valence electrons. The van der Waals surface area contributed by atoms with Gasteiger partial charge in [-0.3, -0.25) is 0 Å². The van der Waals surface area contributed by atoms with Gasteiger partial charge >= 0.3 is 0 Å². The molecule has 2 aromatic rings. The van der Waals surface area contributed by atoms with Crippen LogP contribution in [0.25, 0.3) is 0 Å². The Bertz CT molecular complexity index is 574. The van der Waals surface area contributed by atoms with E-state index in [9.17, 15) is 0 Å². The van der Waals surface area contributed by atoms with Gasteiger partial charge < -0.3 is 10.5 Å². The first-order valence-corrected chi connectivity index (χ1v) is 8.10. The van der Waals surface area contributed by atoms with Gasteiger partial charge in [-0.2, -0.15) is 0 Å². The predicted octanol–water partition coefficient (Wildman–Crippen LogP) is 4.64. The van der Waals surface area contributed by atoms with Crippen molar-refractivity contribution in [1.82, 2.24) is 0 Å². The summed E-state index contributed by atoms with van der Waals surface area (Å²) in [6, 6.07) is 16.3. The molecule has 0 aliphatic carbocycles. The molecule has 0 amide bonds. The maximum Gasteiger partial charge on any atom is 0.119 e. The lowest BCUT2D eigenvalue weighted by Crippen LogP contribution is -2.22. The molecule has 0 aromatic heterocycles. The number of nitrogens with two attached hydrogens (primary N) is 1. The van der Waals surface area contributed by atoms with Gasteiger partial charge in [0, 0.05) is 20.7 Å². The SMILES string of the molecule is COc1cccc(C(Sc2ccccc2Br)C(C)N)c1. The fraction of sp³-hybridized carbons (Fsp3) is 0.250. The number of thioether (sulfide) groups is 1. The summed E-state index contributed by atoms with van der Waals surface area (Å²) in [6.45, 7) is 2.04. The van der Waals surface area contributed by atoms with Crippen molar-refractivity contribution in [1.29, 1.82) is 0 Å². The van der Waals surface area contributed by atoms with Crippen LogP contribution in [-0.4, -0.2) is 13.2 Å². The highest BCUT2D eigenvalue weighted by molar-refractivity contribution is 9.10.